The lowest BCUT2D eigenvalue weighted by Gasteiger charge is -2.32. The fraction of sp³-hybridized carbons (Fsp3) is 0.333. The zero-order valence-corrected chi connectivity index (χ0v) is 23.5. The Balaban J connectivity index is 1.41. The first-order valence-electron chi connectivity index (χ1n) is 14.3. The average molecular weight is 573 g/mol. The van der Waals surface area contributed by atoms with E-state index in [9.17, 15) is 19.2 Å². The van der Waals surface area contributed by atoms with Gasteiger partial charge >= 0.3 is 18.0 Å². The van der Waals surface area contributed by atoms with Gasteiger partial charge in [-0.25, -0.2) is 14.4 Å². The van der Waals surface area contributed by atoms with Gasteiger partial charge in [0.1, 0.15) is 19.3 Å². The molecule has 0 bridgehead atoms. The molecular weight excluding hydrogens is 536 g/mol. The average Bonchev–Trinajstić information content (AvgIpc) is 3.05. The topological polar surface area (TPSA) is 111 Å². The lowest BCUT2D eigenvalue weighted by molar-refractivity contribution is -0.180. The summed E-state index contributed by atoms with van der Waals surface area (Å²) in [5, 5.41) is 3.71. The number of hydrogen-bond donors (Lipinski definition) is 1. The second kappa shape index (κ2) is 16.0. The second-order valence-corrected chi connectivity index (χ2v) is 10.1. The third-order valence-corrected chi connectivity index (χ3v) is 7.00. The van der Waals surface area contributed by atoms with Crippen LogP contribution >= 0.6 is 0 Å². The highest BCUT2D eigenvalue weighted by molar-refractivity contribution is 5.90. The smallest absolute Gasteiger partial charge is 0.408 e. The molecule has 0 spiro atoms. The highest BCUT2D eigenvalue weighted by Crippen LogP contribution is 2.25. The van der Waals surface area contributed by atoms with E-state index in [0.717, 1.165) is 35.5 Å². The van der Waals surface area contributed by atoms with Gasteiger partial charge in [-0.15, -0.1) is 0 Å². The lowest BCUT2D eigenvalue weighted by Crippen LogP contribution is -2.45. The molecule has 3 aromatic carbocycles. The number of rotatable bonds is 11. The van der Waals surface area contributed by atoms with Crippen LogP contribution in [0.5, 0.6) is 0 Å². The minimum absolute atomic E-state index is 0.00769. The number of alkyl carbamates (subject to hydrolysis) is 1. The molecule has 4 rings (SSSR count). The maximum absolute atomic E-state index is 13.5. The van der Waals surface area contributed by atoms with Gasteiger partial charge in [0.15, 0.2) is 0 Å². The molecule has 0 unspecified atom stereocenters. The van der Waals surface area contributed by atoms with Crippen molar-refractivity contribution in [3.8, 4) is 0 Å². The molecular formula is C33H36N2O7. The molecule has 1 aliphatic carbocycles. The zero-order chi connectivity index (χ0) is 29.6. The Morgan fingerprint density at radius 2 is 1.29 bits per heavy atom. The van der Waals surface area contributed by atoms with E-state index in [4.69, 9.17) is 14.3 Å². The van der Waals surface area contributed by atoms with E-state index in [2.05, 4.69) is 5.32 Å². The largest absolute Gasteiger partial charge is 0.459 e. The fourth-order valence-electron chi connectivity index (χ4n) is 4.72. The van der Waals surface area contributed by atoms with Crippen molar-refractivity contribution in [3.05, 3.63) is 108 Å². The predicted molar refractivity (Wildman–Crippen MR) is 155 cm³/mol. The summed E-state index contributed by atoms with van der Waals surface area (Å²) in [6, 6.07) is 25.3. The molecule has 1 saturated carbocycles. The van der Waals surface area contributed by atoms with Crippen molar-refractivity contribution in [3.63, 3.8) is 0 Å². The minimum Gasteiger partial charge on any atom is -0.459 e. The van der Waals surface area contributed by atoms with E-state index in [1.165, 1.54) is 0 Å². The molecule has 1 fully saturated rings. The van der Waals surface area contributed by atoms with Crippen molar-refractivity contribution < 1.29 is 33.5 Å². The number of hydroxylamine groups is 2. The predicted octanol–water partition coefficient (Wildman–Crippen LogP) is 5.74. The number of hydrogen-bond acceptors (Lipinski definition) is 7. The maximum Gasteiger partial charge on any atom is 0.408 e. The Hall–Kier alpha value is -4.66. The Morgan fingerprint density at radius 1 is 0.738 bits per heavy atom. The van der Waals surface area contributed by atoms with E-state index < -0.39 is 30.0 Å². The fourth-order valence-corrected chi connectivity index (χ4v) is 4.72. The quantitative estimate of drug-likeness (QED) is 0.230. The SMILES string of the molecule is O=C(N[C@@H](CCC(=O)N(OC(=O)c1ccccc1)C1CCCCC1)C(=O)OCc1ccccc1)OCc1ccccc1. The molecule has 1 N–H and O–H groups in total. The molecule has 9 heteroatoms. The van der Waals surface area contributed by atoms with Gasteiger partial charge in [-0.1, -0.05) is 98.1 Å². The molecule has 220 valence electrons. The summed E-state index contributed by atoms with van der Waals surface area (Å²) in [7, 11) is 0. The van der Waals surface area contributed by atoms with Crippen LogP contribution in [0.1, 0.15) is 66.4 Å². The summed E-state index contributed by atoms with van der Waals surface area (Å²) in [6.07, 6.45) is 3.26. The van der Waals surface area contributed by atoms with Crippen molar-refractivity contribution in [2.24, 2.45) is 0 Å². The Kier molecular flexibility index (Phi) is 11.5. The van der Waals surface area contributed by atoms with Crippen LogP contribution in [0.25, 0.3) is 0 Å². The van der Waals surface area contributed by atoms with Gasteiger partial charge in [-0.3, -0.25) is 4.79 Å². The third kappa shape index (κ3) is 9.47. The first kappa shape index (κ1) is 30.3. The molecule has 0 radical (unpaired) electrons. The van der Waals surface area contributed by atoms with Crippen LogP contribution in [-0.2, 0) is 37.1 Å². The van der Waals surface area contributed by atoms with Gasteiger partial charge in [0.2, 0.25) is 0 Å². The molecule has 0 saturated heterocycles. The Morgan fingerprint density at radius 3 is 1.88 bits per heavy atom. The van der Waals surface area contributed by atoms with Gasteiger partial charge in [0.25, 0.3) is 5.91 Å². The molecule has 2 amide bonds. The molecule has 42 heavy (non-hydrogen) atoms. The monoisotopic (exact) mass is 572 g/mol. The number of ether oxygens (including phenoxy) is 2. The van der Waals surface area contributed by atoms with Crippen molar-refractivity contribution in [2.75, 3.05) is 0 Å². The first-order valence-corrected chi connectivity index (χ1v) is 14.3. The highest BCUT2D eigenvalue weighted by atomic mass is 16.7. The van der Waals surface area contributed by atoms with Crippen LogP contribution in [0.2, 0.25) is 0 Å². The van der Waals surface area contributed by atoms with Crippen LogP contribution in [0, 0.1) is 0 Å². The van der Waals surface area contributed by atoms with Crippen molar-refractivity contribution >= 4 is 23.9 Å². The number of esters is 1. The van der Waals surface area contributed by atoms with Crippen LogP contribution in [0.3, 0.4) is 0 Å². The highest BCUT2D eigenvalue weighted by Gasteiger charge is 2.31. The summed E-state index contributed by atoms with van der Waals surface area (Å²) in [6.45, 7) is 0.0238. The summed E-state index contributed by atoms with van der Waals surface area (Å²) in [5.74, 6) is -1.78. The molecule has 1 aliphatic rings. The number of nitrogens with one attached hydrogen (secondary N) is 1. The van der Waals surface area contributed by atoms with Gasteiger partial charge in [0.05, 0.1) is 11.6 Å². The van der Waals surface area contributed by atoms with Crippen molar-refractivity contribution in [1.29, 1.82) is 0 Å². The molecule has 9 nitrogen and oxygen atoms in total. The Bertz CT molecular complexity index is 1300. The number of carbonyl (C=O) groups excluding carboxylic acids is 4. The van der Waals surface area contributed by atoms with Crippen LogP contribution in [-0.4, -0.2) is 41.1 Å². The van der Waals surface area contributed by atoms with E-state index in [1.54, 1.807) is 30.3 Å². The van der Waals surface area contributed by atoms with Crippen LogP contribution in [0.15, 0.2) is 91.0 Å². The van der Waals surface area contributed by atoms with E-state index in [0.29, 0.717) is 18.4 Å². The van der Waals surface area contributed by atoms with Crippen molar-refractivity contribution in [1.82, 2.24) is 10.4 Å². The normalized spacial score (nSPS) is 13.8. The van der Waals surface area contributed by atoms with Crippen LogP contribution in [0.4, 0.5) is 4.79 Å². The molecule has 0 heterocycles. The summed E-state index contributed by atoms with van der Waals surface area (Å²) < 4.78 is 10.8. The Labute approximate surface area is 245 Å². The third-order valence-electron chi connectivity index (χ3n) is 7.00. The summed E-state index contributed by atoms with van der Waals surface area (Å²) in [5.41, 5.74) is 1.90. The lowest BCUT2D eigenvalue weighted by atomic mass is 9.95. The number of benzene rings is 3. The second-order valence-electron chi connectivity index (χ2n) is 10.1. The summed E-state index contributed by atoms with van der Waals surface area (Å²) >= 11 is 0. The number of carbonyl (C=O) groups is 4. The van der Waals surface area contributed by atoms with Gasteiger partial charge in [-0.05, 0) is 42.5 Å². The standard InChI is InChI=1S/C33H36N2O7/c36-30(35(28-19-11-4-12-20-28)42-31(37)27-17-9-3-10-18-27)22-21-29(32(38)40-23-25-13-5-1-6-14-25)34-33(39)41-24-26-15-7-2-8-16-26/h1-3,5-10,13-18,28-29H,4,11-12,19-24H2,(H,34,39)/t29-/m0/s1. The van der Waals surface area contributed by atoms with E-state index >= 15 is 0 Å². The van der Waals surface area contributed by atoms with E-state index in [-0.39, 0.29) is 32.1 Å². The first-order chi connectivity index (χ1) is 20.5. The van der Waals surface area contributed by atoms with Gasteiger partial charge in [-0.2, -0.15) is 5.06 Å². The van der Waals surface area contributed by atoms with Gasteiger partial charge < -0.3 is 19.6 Å². The maximum atomic E-state index is 13.5. The van der Waals surface area contributed by atoms with Crippen LogP contribution < -0.4 is 5.32 Å². The zero-order valence-electron chi connectivity index (χ0n) is 23.5. The number of amides is 2. The molecule has 0 aromatic heterocycles. The van der Waals surface area contributed by atoms with Gasteiger partial charge in [0, 0.05) is 6.42 Å². The van der Waals surface area contributed by atoms with E-state index in [1.807, 2.05) is 60.7 Å². The minimum atomic E-state index is -1.15. The summed E-state index contributed by atoms with van der Waals surface area (Å²) in [4.78, 5) is 57.6. The molecule has 0 aliphatic heterocycles. The molecule has 1 atom stereocenters. The molecule has 3 aromatic rings. The number of nitrogens with zero attached hydrogens (tertiary/aromatic N) is 1. The van der Waals surface area contributed by atoms with Crippen molar-refractivity contribution in [2.45, 2.75) is 70.2 Å².